The minimum Gasteiger partial charge on any atom is -0.491 e. The Morgan fingerprint density at radius 1 is 1.09 bits per heavy atom. The quantitative estimate of drug-likeness (QED) is 0.591. The van der Waals surface area contributed by atoms with Crippen molar-refractivity contribution in [2.24, 2.45) is 11.7 Å². The molecule has 186 valence electrons. The van der Waals surface area contributed by atoms with Crippen molar-refractivity contribution in [3.05, 3.63) is 36.2 Å². The molecule has 0 aliphatic carbocycles. The molecule has 0 spiro atoms. The molecule has 2 amide bonds. The average molecular weight is 473 g/mol. The van der Waals surface area contributed by atoms with Gasteiger partial charge in [-0.3, -0.25) is 0 Å². The predicted octanol–water partition coefficient (Wildman–Crippen LogP) is 5.10. The molecule has 0 saturated carbocycles. The molecule has 1 heterocycles. The van der Waals surface area contributed by atoms with Gasteiger partial charge in [0.1, 0.15) is 24.3 Å². The van der Waals surface area contributed by atoms with E-state index in [9.17, 15) is 9.59 Å². The molecule has 34 heavy (non-hydrogen) atoms. The first kappa shape index (κ1) is 27.0. The van der Waals surface area contributed by atoms with Gasteiger partial charge in [-0.1, -0.05) is 13.8 Å². The lowest BCUT2D eigenvalue weighted by Gasteiger charge is -2.27. The van der Waals surface area contributed by atoms with Crippen LogP contribution < -0.4 is 15.4 Å². The van der Waals surface area contributed by atoms with Crippen LogP contribution in [-0.2, 0) is 9.47 Å². The minimum atomic E-state index is -0.912. The van der Waals surface area contributed by atoms with Crippen LogP contribution in [0.4, 0.5) is 15.4 Å². The highest BCUT2D eigenvalue weighted by molar-refractivity contribution is 6.08. The fraction of sp³-hybridized carbons (Fsp3) is 0.520. The first-order chi connectivity index (χ1) is 15.7. The number of aromatic nitrogens is 2. The molecule has 0 saturated heterocycles. The number of ether oxygens (including phenoxy) is 3. The van der Waals surface area contributed by atoms with E-state index < -0.39 is 23.3 Å². The van der Waals surface area contributed by atoms with Crippen molar-refractivity contribution in [1.29, 1.82) is 0 Å². The zero-order valence-corrected chi connectivity index (χ0v) is 21.3. The van der Waals surface area contributed by atoms with Crippen LogP contribution in [0.25, 0.3) is 11.3 Å². The molecule has 1 atom stereocenters. The normalized spacial score (nSPS) is 13.2. The molecule has 2 rings (SSSR count). The number of methoxy groups -OCH3 is 1. The molecule has 9 nitrogen and oxygen atoms in total. The van der Waals surface area contributed by atoms with Crippen molar-refractivity contribution in [3.63, 3.8) is 0 Å². The van der Waals surface area contributed by atoms with E-state index in [1.165, 1.54) is 19.5 Å². The fourth-order valence-electron chi connectivity index (χ4n) is 3.49. The number of carbonyl (C=O) groups is 2. The summed E-state index contributed by atoms with van der Waals surface area (Å²) in [4.78, 5) is 34.1. The minimum absolute atomic E-state index is 0.0386. The van der Waals surface area contributed by atoms with Crippen LogP contribution in [0, 0.1) is 12.8 Å². The van der Waals surface area contributed by atoms with Gasteiger partial charge in [-0.05, 0) is 70.7 Å². The first-order valence-corrected chi connectivity index (χ1v) is 11.2. The summed E-state index contributed by atoms with van der Waals surface area (Å²) < 4.78 is 16.1. The Balaban J connectivity index is 2.29. The van der Waals surface area contributed by atoms with Gasteiger partial charge in [0.05, 0.1) is 12.8 Å². The summed E-state index contributed by atoms with van der Waals surface area (Å²) in [5.74, 6) is 1.24. The number of aryl methyl sites for hydroxylation is 1. The number of benzene rings is 1. The maximum absolute atomic E-state index is 12.6. The lowest BCUT2D eigenvalue weighted by molar-refractivity contribution is 0.0574. The maximum atomic E-state index is 12.6. The molecule has 2 aromatic rings. The Morgan fingerprint density at radius 2 is 1.76 bits per heavy atom. The fourth-order valence-corrected chi connectivity index (χ4v) is 3.49. The van der Waals surface area contributed by atoms with Crippen LogP contribution in [0.3, 0.4) is 0 Å². The third-order valence-corrected chi connectivity index (χ3v) is 4.72. The van der Waals surface area contributed by atoms with Gasteiger partial charge in [-0.25, -0.2) is 19.6 Å². The van der Waals surface area contributed by atoms with Crippen molar-refractivity contribution in [3.8, 4) is 17.0 Å². The summed E-state index contributed by atoms with van der Waals surface area (Å²) in [6.45, 7) is 13.7. The Morgan fingerprint density at radius 3 is 2.32 bits per heavy atom. The van der Waals surface area contributed by atoms with E-state index in [2.05, 4.69) is 23.8 Å². The Kier molecular flexibility index (Phi) is 8.61. The molecule has 0 bridgehead atoms. The topological polar surface area (TPSA) is 117 Å². The molecule has 9 heteroatoms. The maximum Gasteiger partial charge on any atom is 0.425 e. The molecule has 1 unspecified atom stereocenters. The number of hydrogen-bond donors (Lipinski definition) is 1. The van der Waals surface area contributed by atoms with E-state index >= 15 is 0 Å². The van der Waals surface area contributed by atoms with E-state index in [1.807, 2.05) is 32.0 Å². The van der Waals surface area contributed by atoms with Gasteiger partial charge in [0, 0.05) is 17.2 Å². The van der Waals surface area contributed by atoms with E-state index in [0.717, 1.165) is 28.2 Å². The standard InChI is InChI=1S/C25H36N4O5/c1-16(2)13-25(7,26)14-33-20-10-9-18(11-17(20)3)19-12-21(28-15-27-19)29(22(30)32-8)23(31)34-24(4,5)6/h9-12,15-16H,13-14,26H2,1-8H3. The van der Waals surface area contributed by atoms with Gasteiger partial charge in [0.25, 0.3) is 0 Å². The third kappa shape index (κ3) is 7.69. The highest BCUT2D eigenvalue weighted by Gasteiger charge is 2.31. The number of amides is 2. The predicted molar refractivity (Wildman–Crippen MR) is 131 cm³/mol. The van der Waals surface area contributed by atoms with E-state index in [0.29, 0.717) is 18.2 Å². The second-order valence-corrected chi connectivity index (χ2v) is 10.1. The zero-order valence-electron chi connectivity index (χ0n) is 21.3. The van der Waals surface area contributed by atoms with Gasteiger partial charge in [-0.15, -0.1) is 0 Å². The number of rotatable bonds is 7. The number of carbonyl (C=O) groups excluding carboxylic acids is 2. The van der Waals surface area contributed by atoms with E-state index in [4.69, 9.17) is 19.9 Å². The smallest absolute Gasteiger partial charge is 0.425 e. The summed E-state index contributed by atoms with van der Waals surface area (Å²) in [6, 6.07) is 7.13. The summed E-state index contributed by atoms with van der Waals surface area (Å²) in [5.41, 5.74) is 7.30. The van der Waals surface area contributed by atoms with Crippen molar-refractivity contribution in [1.82, 2.24) is 9.97 Å². The molecule has 2 N–H and O–H groups in total. The SMILES string of the molecule is COC(=O)N(C(=O)OC(C)(C)C)c1cc(-c2ccc(OCC(C)(N)CC(C)C)c(C)c2)ncn1. The highest BCUT2D eigenvalue weighted by atomic mass is 16.6. The van der Waals surface area contributed by atoms with Gasteiger partial charge >= 0.3 is 12.2 Å². The van der Waals surface area contributed by atoms with Crippen molar-refractivity contribution in [2.45, 2.75) is 66.0 Å². The van der Waals surface area contributed by atoms with Gasteiger partial charge in [0.2, 0.25) is 0 Å². The van der Waals surface area contributed by atoms with Crippen molar-refractivity contribution in [2.75, 3.05) is 18.6 Å². The Labute approximate surface area is 201 Å². The van der Waals surface area contributed by atoms with Crippen molar-refractivity contribution >= 4 is 18.0 Å². The monoisotopic (exact) mass is 472 g/mol. The summed E-state index contributed by atoms with van der Waals surface area (Å²) in [6.07, 6.45) is 0.318. The average Bonchev–Trinajstić information content (AvgIpc) is 2.70. The van der Waals surface area contributed by atoms with Crippen LogP contribution in [0.2, 0.25) is 0 Å². The molecule has 0 aliphatic rings. The van der Waals surface area contributed by atoms with E-state index in [-0.39, 0.29) is 5.82 Å². The van der Waals surface area contributed by atoms with Crippen LogP contribution in [0.5, 0.6) is 5.75 Å². The summed E-state index contributed by atoms with van der Waals surface area (Å²) in [5, 5.41) is 0. The highest BCUT2D eigenvalue weighted by Crippen LogP contribution is 2.28. The Hall–Kier alpha value is -3.20. The molecule has 1 aromatic heterocycles. The van der Waals surface area contributed by atoms with Crippen LogP contribution >= 0.6 is 0 Å². The number of hydrogen-bond acceptors (Lipinski definition) is 8. The van der Waals surface area contributed by atoms with Gasteiger partial charge in [0.15, 0.2) is 5.82 Å². The third-order valence-electron chi connectivity index (χ3n) is 4.72. The van der Waals surface area contributed by atoms with Crippen molar-refractivity contribution < 1.29 is 23.8 Å². The van der Waals surface area contributed by atoms with Gasteiger partial charge < -0.3 is 19.9 Å². The second-order valence-electron chi connectivity index (χ2n) is 10.1. The largest absolute Gasteiger partial charge is 0.491 e. The number of imide groups is 1. The first-order valence-electron chi connectivity index (χ1n) is 11.2. The second kappa shape index (κ2) is 10.8. The molecular formula is C25H36N4O5. The van der Waals surface area contributed by atoms with Crippen LogP contribution in [0.1, 0.15) is 53.5 Å². The molecule has 1 aromatic carbocycles. The van der Waals surface area contributed by atoms with Crippen LogP contribution in [-0.4, -0.2) is 47.0 Å². The van der Waals surface area contributed by atoms with Crippen LogP contribution in [0.15, 0.2) is 30.6 Å². The lowest BCUT2D eigenvalue weighted by Crippen LogP contribution is -2.43. The van der Waals surface area contributed by atoms with Gasteiger partial charge in [-0.2, -0.15) is 4.90 Å². The summed E-state index contributed by atoms with van der Waals surface area (Å²) in [7, 11) is 1.18. The molecule has 0 fully saturated rings. The molecule has 0 radical (unpaired) electrons. The zero-order chi connectivity index (χ0) is 25.7. The number of anilines is 1. The number of nitrogens with two attached hydrogens (primary N) is 1. The van der Waals surface area contributed by atoms with E-state index in [1.54, 1.807) is 20.8 Å². The molecule has 0 aliphatic heterocycles. The number of nitrogens with zero attached hydrogens (tertiary/aromatic N) is 3. The molecular weight excluding hydrogens is 436 g/mol. The Bertz CT molecular complexity index is 1010. The summed E-state index contributed by atoms with van der Waals surface area (Å²) >= 11 is 0. The lowest BCUT2D eigenvalue weighted by atomic mass is 9.93.